The summed E-state index contributed by atoms with van der Waals surface area (Å²) in [4.78, 5) is 12.2. The largest absolute Gasteiger partial charge is 0.386 e. The van der Waals surface area contributed by atoms with Crippen molar-refractivity contribution in [3.63, 3.8) is 0 Å². The van der Waals surface area contributed by atoms with Gasteiger partial charge in [0.25, 0.3) is 5.91 Å². The quantitative estimate of drug-likeness (QED) is 0.912. The number of carbonyl (C=O) groups is 1. The monoisotopic (exact) mass is 299 g/mol. The zero-order chi connectivity index (χ0) is 13.8. The first-order valence-electron chi connectivity index (χ1n) is 5.54. The van der Waals surface area contributed by atoms with E-state index in [4.69, 9.17) is 11.6 Å². The predicted octanol–water partition coefficient (Wildman–Crippen LogP) is 3.00. The molecule has 19 heavy (non-hydrogen) atoms. The van der Waals surface area contributed by atoms with Crippen LogP contribution in [0.3, 0.4) is 0 Å². The van der Waals surface area contributed by atoms with Gasteiger partial charge >= 0.3 is 0 Å². The average Bonchev–Trinajstić information content (AvgIpc) is 2.83. The van der Waals surface area contributed by atoms with E-state index in [0.717, 1.165) is 11.3 Å². The highest BCUT2D eigenvalue weighted by molar-refractivity contribution is 7.17. The lowest BCUT2D eigenvalue weighted by atomic mass is 10.1. The first-order valence-corrected chi connectivity index (χ1v) is 6.73. The van der Waals surface area contributed by atoms with Crippen molar-refractivity contribution in [3.8, 4) is 0 Å². The van der Waals surface area contributed by atoms with Crippen LogP contribution in [0.1, 0.15) is 21.3 Å². The van der Waals surface area contributed by atoms with E-state index in [-0.39, 0.29) is 18.0 Å². The number of amides is 1. The van der Waals surface area contributed by atoms with Gasteiger partial charge in [0.2, 0.25) is 0 Å². The van der Waals surface area contributed by atoms with Crippen molar-refractivity contribution in [2.24, 2.45) is 0 Å². The number of nitrogens with one attached hydrogen (secondary N) is 1. The zero-order valence-corrected chi connectivity index (χ0v) is 11.3. The summed E-state index contributed by atoms with van der Waals surface area (Å²) in [6.45, 7) is -0.0602. The molecule has 1 aromatic heterocycles. The number of halogens is 2. The van der Waals surface area contributed by atoms with Crippen molar-refractivity contribution >= 4 is 28.8 Å². The maximum Gasteiger partial charge on any atom is 0.261 e. The highest BCUT2D eigenvalue weighted by atomic mass is 35.5. The number of hydrogen-bond donors (Lipinski definition) is 2. The summed E-state index contributed by atoms with van der Waals surface area (Å²) in [6.07, 6.45) is -1.08. The van der Waals surface area contributed by atoms with E-state index in [1.165, 1.54) is 18.2 Å². The summed E-state index contributed by atoms with van der Waals surface area (Å²) >= 11 is 6.87. The van der Waals surface area contributed by atoms with Gasteiger partial charge in [0.15, 0.2) is 0 Å². The Bertz CT molecular complexity index is 588. The minimum atomic E-state index is -1.08. The van der Waals surface area contributed by atoms with Crippen molar-refractivity contribution in [2.45, 2.75) is 6.10 Å². The Morgan fingerprint density at radius 3 is 2.74 bits per heavy atom. The molecule has 0 aliphatic carbocycles. The van der Waals surface area contributed by atoms with Crippen LogP contribution in [0.5, 0.6) is 0 Å². The Kier molecular flexibility index (Phi) is 4.52. The summed E-state index contributed by atoms with van der Waals surface area (Å²) < 4.78 is 13.9. The van der Waals surface area contributed by atoms with Crippen LogP contribution in [0.15, 0.2) is 36.4 Å². The number of benzene rings is 1. The van der Waals surface area contributed by atoms with Gasteiger partial charge in [-0.05, 0) is 18.2 Å². The molecular weight excluding hydrogens is 289 g/mol. The molecule has 0 bridgehead atoms. The first-order chi connectivity index (χ1) is 9.08. The Morgan fingerprint density at radius 1 is 1.37 bits per heavy atom. The van der Waals surface area contributed by atoms with E-state index >= 15 is 0 Å². The van der Waals surface area contributed by atoms with E-state index < -0.39 is 11.9 Å². The van der Waals surface area contributed by atoms with E-state index in [9.17, 15) is 14.3 Å². The normalized spacial score (nSPS) is 12.2. The molecule has 2 N–H and O–H groups in total. The molecule has 3 nitrogen and oxygen atoms in total. The molecule has 0 saturated heterocycles. The molecule has 0 radical (unpaired) electrons. The minimum absolute atomic E-state index is 0.0602. The molecule has 0 unspecified atom stereocenters. The van der Waals surface area contributed by atoms with E-state index in [1.807, 2.05) is 0 Å². The number of carbonyl (C=O) groups excluding carboxylic acids is 1. The lowest BCUT2D eigenvalue weighted by Crippen LogP contribution is -2.28. The van der Waals surface area contributed by atoms with Gasteiger partial charge in [-0.2, -0.15) is 0 Å². The maximum atomic E-state index is 13.4. The Morgan fingerprint density at radius 2 is 2.11 bits per heavy atom. The van der Waals surface area contributed by atoms with Gasteiger partial charge in [0.05, 0.1) is 15.3 Å². The van der Waals surface area contributed by atoms with Crippen molar-refractivity contribution in [1.29, 1.82) is 0 Å². The predicted molar refractivity (Wildman–Crippen MR) is 73.0 cm³/mol. The smallest absolute Gasteiger partial charge is 0.261 e. The standard InChI is InChI=1S/C13H11ClFNO2S/c14-12-6-5-11(19-12)13(18)16-7-10(17)8-3-1-2-4-9(8)15/h1-6,10,17H,7H2,(H,16,18)/t10-/m0/s1. The van der Waals surface area contributed by atoms with Crippen molar-refractivity contribution < 1.29 is 14.3 Å². The van der Waals surface area contributed by atoms with Gasteiger partial charge in [0.1, 0.15) is 5.82 Å². The number of aliphatic hydroxyl groups is 1. The lowest BCUT2D eigenvalue weighted by molar-refractivity contribution is 0.0918. The van der Waals surface area contributed by atoms with Crippen LogP contribution in [0.2, 0.25) is 4.34 Å². The topological polar surface area (TPSA) is 49.3 Å². The van der Waals surface area contributed by atoms with Gasteiger partial charge in [-0.15, -0.1) is 11.3 Å². The minimum Gasteiger partial charge on any atom is -0.386 e. The molecule has 2 aromatic rings. The molecule has 2 rings (SSSR count). The molecule has 1 heterocycles. The third kappa shape index (κ3) is 3.53. The molecular formula is C13H11ClFNO2S. The number of rotatable bonds is 4. The van der Waals surface area contributed by atoms with Crippen LogP contribution in [0.25, 0.3) is 0 Å². The van der Waals surface area contributed by atoms with Crippen molar-refractivity contribution in [3.05, 3.63) is 57.0 Å². The number of aliphatic hydroxyl groups excluding tert-OH is 1. The number of hydrogen-bond acceptors (Lipinski definition) is 3. The summed E-state index contributed by atoms with van der Waals surface area (Å²) in [7, 11) is 0. The third-order valence-electron chi connectivity index (χ3n) is 2.52. The summed E-state index contributed by atoms with van der Waals surface area (Å²) in [5.41, 5.74) is 0.159. The Labute approximate surface area is 118 Å². The molecule has 0 spiro atoms. The second kappa shape index (κ2) is 6.14. The fourth-order valence-corrected chi connectivity index (χ4v) is 2.53. The lowest BCUT2D eigenvalue weighted by Gasteiger charge is -2.12. The molecule has 6 heteroatoms. The fraction of sp³-hybridized carbons (Fsp3) is 0.154. The van der Waals surface area contributed by atoms with Crippen LogP contribution in [-0.2, 0) is 0 Å². The van der Waals surface area contributed by atoms with Gasteiger partial charge in [-0.25, -0.2) is 4.39 Å². The highest BCUT2D eigenvalue weighted by Crippen LogP contribution is 2.21. The van der Waals surface area contributed by atoms with Gasteiger partial charge in [-0.3, -0.25) is 4.79 Å². The van der Waals surface area contributed by atoms with E-state index in [2.05, 4.69) is 5.32 Å². The van der Waals surface area contributed by atoms with E-state index in [1.54, 1.807) is 18.2 Å². The van der Waals surface area contributed by atoms with Gasteiger partial charge < -0.3 is 10.4 Å². The molecule has 0 saturated carbocycles. The third-order valence-corrected chi connectivity index (χ3v) is 3.75. The molecule has 100 valence electrons. The summed E-state index contributed by atoms with van der Waals surface area (Å²) in [5.74, 6) is -0.837. The van der Waals surface area contributed by atoms with Crippen LogP contribution < -0.4 is 5.32 Å². The molecule has 0 fully saturated rings. The fourth-order valence-electron chi connectivity index (χ4n) is 1.57. The van der Waals surface area contributed by atoms with E-state index in [0.29, 0.717) is 9.21 Å². The number of thiophene rings is 1. The molecule has 1 amide bonds. The zero-order valence-electron chi connectivity index (χ0n) is 9.77. The highest BCUT2D eigenvalue weighted by Gasteiger charge is 2.14. The van der Waals surface area contributed by atoms with Crippen molar-refractivity contribution in [2.75, 3.05) is 6.54 Å². The summed E-state index contributed by atoms with van der Waals surface area (Å²) in [6, 6.07) is 9.13. The van der Waals surface area contributed by atoms with Crippen LogP contribution in [-0.4, -0.2) is 17.6 Å². The van der Waals surface area contributed by atoms with Crippen LogP contribution in [0.4, 0.5) is 4.39 Å². The van der Waals surface area contributed by atoms with Gasteiger partial charge in [-0.1, -0.05) is 29.8 Å². The maximum absolute atomic E-state index is 13.4. The Hall–Kier alpha value is -1.43. The van der Waals surface area contributed by atoms with Crippen LogP contribution >= 0.6 is 22.9 Å². The molecule has 1 aromatic carbocycles. The molecule has 0 aliphatic rings. The average molecular weight is 300 g/mol. The second-order valence-electron chi connectivity index (χ2n) is 3.85. The van der Waals surface area contributed by atoms with Crippen molar-refractivity contribution in [1.82, 2.24) is 5.32 Å². The molecule has 0 aliphatic heterocycles. The second-order valence-corrected chi connectivity index (χ2v) is 5.57. The van der Waals surface area contributed by atoms with Gasteiger partial charge in [0, 0.05) is 12.1 Å². The summed E-state index contributed by atoms with van der Waals surface area (Å²) in [5, 5.41) is 12.4. The van der Waals surface area contributed by atoms with Crippen LogP contribution in [0, 0.1) is 5.82 Å². The first kappa shape index (κ1) is 14.0. The Balaban J connectivity index is 1.96. The SMILES string of the molecule is O=C(NC[C@H](O)c1ccccc1F)c1ccc(Cl)s1. The molecule has 1 atom stereocenters.